The van der Waals surface area contributed by atoms with Gasteiger partial charge in [0.1, 0.15) is 0 Å². The number of aliphatic hydroxyl groups excluding tert-OH is 1. The van der Waals surface area contributed by atoms with E-state index in [1.54, 1.807) is 6.92 Å². The van der Waals surface area contributed by atoms with Gasteiger partial charge in [-0.2, -0.15) is 0 Å². The van der Waals surface area contributed by atoms with E-state index < -0.39 is 0 Å². The second-order valence-electron chi connectivity index (χ2n) is 3.58. The second kappa shape index (κ2) is 10.4. The number of halogens is 1. The van der Waals surface area contributed by atoms with E-state index in [1.807, 2.05) is 13.8 Å². The molecule has 0 spiro atoms. The van der Waals surface area contributed by atoms with Gasteiger partial charge in [-0.25, -0.2) is 0 Å². The van der Waals surface area contributed by atoms with Crippen molar-refractivity contribution in [1.29, 1.82) is 5.41 Å². The van der Waals surface area contributed by atoms with E-state index in [2.05, 4.69) is 0 Å². The Morgan fingerprint density at radius 3 is 2.33 bits per heavy atom. The SMILES string of the molecule is Br.CC(O)CCOC(=N)CCOC(C)C. The van der Waals surface area contributed by atoms with Crippen molar-refractivity contribution in [1.82, 2.24) is 0 Å². The van der Waals surface area contributed by atoms with Crippen LogP contribution in [0.15, 0.2) is 0 Å². The highest BCUT2D eigenvalue weighted by molar-refractivity contribution is 8.93. The van der Waals surface area contributed by atoms with E-state index in [9.17, 15) is 0 Å². The van der Waals surface area contributed by atoms with Gasteiger partial charge in [0.2, 0.25) is 0 Å². The summed E-state index contributed by atoms with van der Waals surface area (Å²) in [7, 11) is 0. The predicted octanol–water partition coefficient (Wildman–Crippen LogP) is 2.14. The molecule has 0 rings (SSSR count). The summed E-state index contributed by atoms with van der Waals surface area (Å²) in [6.07, 6.45) is 0.890. The molecule has 15 heavy (non-hydrogen) atoms. The fourth-order valence-corrected chi connectivity index (χ4v) is 0.812. The zero-order chi connectivity index (χ0) is 11.0. The van der Waals surface area contributed by atoms with Gasteiger partial charge in [-0.3, -0.25) is 5.41 Å². The molecule has 0 aromatic heterocycles. The third-order valence-electron chi connectivity index (χ3n) is 1.59. The van der Waals surface area contributed by atoms with Crippen LogP contribution in [-0.2, 0) is 9.47 Å². The molecular weight excluding hydrogens is 262 g/mol. The van der Waals surface area contributed by atoms with Crippen molar-refractivity contribution in [2.45, 2.75) is 45.8 Å². The molecule has 1 unspecified atom stereocenters. The predicted molar refractivity (Wildman–Crippen MR) is 66.0 cm³/mol. The summed E-state index contributed by atoms with van der Waals surface area (Å²) in [5, 5.41) is 16.3. The Bertz CT molecular complexity index is 147. The molecule has 1 atom stereocenters. The Labute approximate surface area is 102 Å². The third-order valence-corrected chi connectivity index (χ3v) is 1.59. The van der Waals surface area contributed by atoms with Gasteiger partial charge in [0.25, 0.3) is 0 Å². The first-order chi connectivity index (χ1) is 6.52. The largest absolute Gasteiger partial charge is 0.481 e. The molecule has 92 valence electrons. The summed E-state index contributed by atoms with van der Waals surface area (Å²) in [6.45, 7) is 6.54. The van der Waals surface area contributed by atoms with Gasteiger partial charge < -0.3 is 14.6 Å². The van der Waals surface area contributed by atoms with Crippen molar-refractivity contribution >= 4 is 22.9 Å². The Balaban J connectivity index is 0. The number of rotatable bonds is 7. The van der Waals surface area contributed by atoms with Crippen molar-refractivity contribution < 1.29 is 14.6 Å². The van der Waals surface area contributed by atoms with Gasteiger partial charge in [-0.15, -0.1) is 17.0 Å². The lowest BCUT2D eigenvalue weighted by molar-refractivity contribution is 0.0803. The van der Waals surface area contributed by atoms with Gasteiger partial charge in [0, 0.05) is 12.8 Å². The van der Waals surface area contributed by atoms with Gasteiger partial charge in [-0.1, -0.05) is 0 Å². The maximum atomic E-state index is 8.94. The molecule has 0 aliphatic heterocycles. The fourth-order valence-electron chi connectivity index (χ4n) is 0.812. The van der Waals surface area contributed by atoms with Gasteiger partial charge in [0.05, 0.1) is 25.4 Å². The lowest BCUT2D eigenvalue weighted by atomic mass is 10.3. The summed E-state index contributed by atoms with van der Waals surface area (Å²) in [4.78, 5) is 0. The van der Waals surface area contributed by atoms with Crippen LogP contribution in [0.5, 0.6) is 0 Å². The Hall–Kier alpha value is -0.130. The van der Waals surface area contributed by atoms with E-state index in [-0.39, 0.29) is 35.1 Å². The van der Waals surface area contributed by atoms with Crippen LogP contribution in [0, 0.1) is 5.41 Å². The van der Waals surface area contributed by atoms with Gasteiger partial charge in [-0.05, 0) is 20.8 Å². The summed E-state index contributed by atoms with van der Waals surface area (Å²) in [6, 6.07) is 0. The Kier molecular flexibility index (Phi) is 12.0. The van der Waals surface area contributed by atoms with Crippen LogP contribution >= 0.6 is 17.0 Å². The molecule has 0 bridgehead atoms. The highest BCUT2D eigenvalue weighted by Gasteiger charge is 2.01. The smallest absolute Gasteiger partial charge is 0.182 e. The molecule has 2 N–H and O–H groups in total. The fraction of sp³-hybridized carbons (Fsp3) is 0.900. The van der Waals surface area contributed by atoms with Crippen LogP contribution in [0.1, 0.15) is 33.6 Å². The van der Waals surface area contributed by atoms with Crippen LogP contribution in [0.2, 0.25) is 0 Å². The monoisotopic (exact) mass is 283 g/mol. The minimum Gasteiger partial charge on any atom is -0.481 e. The van der Waals surface area contributed by atoms with Gasteiger partial charge >= 0.3 is 0 Å². The maximum absolute atomic E-state index is 8.94. The van der Waals surface area contributed by atoms with Crippen LogP contribution in [-0.4, -0.2) is 36.4 Å². The quantitative estimate of drug-likeness (QED) is 0.556. The minimum atomic E-state index is -0.366. The van der Waals surface area contributed by atoms with Gasteiger partial charge in [0.15, 0.2) is 5.90 Å². The maximum Gasteiger partial charge on any atom is 0.182 e. The van der Waals surface area contributed by atoms with Crippen molar-refractivity contribution in [3.8, 4) is 0 Å². The molecule has 0 heterocycles. The number of ether oxygens (including phenoxy) is 2. The number of nitrogens with one attached hydrogen (secondary N) is 1. The molecule has 0 aliphatic carbocycles. The van der Waals surface area contributed by atoms with Crippen LogP contribution in [0.3, 0.4) is 0 Å². The Morgan fingerprint density at radius 2 is 1.87 bits per heavy atom. The topological polar surface area (TPSA) is 62.5 Å². The van der Waals surface area contributed by atoms with Crippen LogP contribution < -0.4 is 0 Å². The van der Waals surface area contributed by atoms with E-state index in [1.165, 1.54) is 0 Å². The molecule has 0 amide bonds. The van der Waals surface area contributed by atoms with Crippen molar-refractivity contribution in [2.75, 3.05) is 13.2 Å². The molecule has 0 aliphatic rings. The van der Waals surface area contributed by atoms with E-state index in [0.29, 0.717) is 26.1 Å². The lowest BCUT2D eigenvalue weighted by Gasteiger charge is -2.10. The molecule has 0 aromatic rings. The molecule has 4 nitrogen and oxygen atoms in total. The average Bonchev–Trinajstić information content (AvgIpc) is 2.02. The summed E-state index contributed by atoms with van der Waals surface area (Å²) in [5.41, 5.74) is 0. The summed E-state index contributed by atoms with van der Waals surface area (Å²) in [5.74, 6) is 0.228. The molecule has 0 aromatic carbocycles. The molecule has 0 saturated carbocycles. The van der Waals surface area contributed by atoms with E-state index in [4.69, 9.17) is 20.0 Å². The first kappa shape index (κ1) is 17.3. The zero-order valence-corrected chi connectivity index (χ0v) is 11.4. The van der Waals surface area contributed by atoms with E-state index in [0.717, 1.165) is 0 Å². The summed E-state index contributed by atoms with van der Waals surface area (Å²) >= 11 is 0. The first-order valence-electron chi connectivity index (χ1n) is 5.02. The van der Waals surface area contributed by atoms with Crippen molar-refractivity contribution in [3.05, 3.63) is 0 Å². The van der Waals surface area contributed by atoms with Crippen LogP contribution in [0.4, 0.5) is 0 Å². The Morgan fingerprint density at radius 1 is 1.27 bits per heavy atom. The second-order valence-corrected chi connectivity index (χ2v) is 3.58. The summed E-state index contributed by atoms with van der Waals surface area (Å²) < 4.78 is 10.3. The molecule has 0 radical (unpaired) electrons. The number of hydrogen-bond acceptors (Lipinski definition) is 4. The number of hydrogen-bond donors (Lipinski definition) is 2. The highest BCUT2D eigenvalue weighted by atomic mass is 79.9. The van der Waals surface area contributed by atoms with E-state index >= 15 is 0 Å². The highest BCUT2D eigenvalue weighted by Crippen LogP contribution is 1.96. The third kappa shape index (κ3) is 13.9. The molecular formula is C10H22BrNO3. The molecule has 0 saturated heterocycles. The lowest BCUT2D eigenvalue weighted by Crippen LogP contribution is -2.13. The first-order valence-corrected chi connectivity index (χ1v) is 5.02. The average molecular weight is 284 g/mol. The number of aliphatic hydroxyl groups is 1. The zero-order valence-electron chi connectivity index (χ0n) is 9.66. The normalized spacial score (nSPS) is 12.1. The van der Waals surface area contributed by atoms with Crippen molar-refractivity contribution in [3.63, 3.8) is 0 Å². The van der Waals surface area contributed by atoms with Crippen LogP contribution in [0.25, 0.3) is 0 Å². The standard InChI is InChI=1S/C10H21NO3.BrH/c1-8(2)13-7-5-10(11)14-6-4-9(3)12;/h8-9,11-12H,4-7H2,1-3H3;1H. The molecule has 0 fully saturated rings. The van der Waals surface area contributed by atoms with Crippen molar-refractivity contribution in [2.24, 2.45) is 0 Å². The molecule has 5 heteroatoms. The minimum absolute atomic E-state index is 0.